The molecule has 2 fully saturated rings. The van der Waals surface area contributed by atoms with Gasteiger partial charge in [-0.1, -0.05) is 30.3 Å². The Morgan fingerprint density at radius 2 is 1.96 bits per heavy atom. The summed E-state index contributed by atoms with van der Waals surface area (Å²) in [6, 6.07) is 10.1. The summed E-state index contributed by atoms with van der Waals surface area (Å²) in [5, 5.41) is 12.2. The van der Waals surface area contributed by atoms with Crippen molar-refractivity contribution in [2.75, 3.05) is 19.6 Å². The Kier molecular flexibility index (Phi) is 5.65. The van der Waals surface area contributed by atoms with E-state index < -0.39 is 5.97 Å². The second kappa shape index (κ2) is 7.32. The molecule has 1 unspecified atom stereocenters. The molecular formula is C17H23ClN2O3. The highest BCUT2D eigenvalue weighted by molar-refractivity contribution is 5.85. The van der Waals surface area contributed by atoms with Gasteiger partial charge in [0, 0.05) is 6.54 Å². The number of aliphatic carboxylic acids is 1. The molecule has 0 bridgehead atoms. The zero-order chi connectivity index (χ0) is 15.6. The molecule has 1 aliphatic heterocycles. The molecule has 1 atom stereocenters. The number of halogens is 1. The van der Waals surface area contributed by atoms with Gasteiger partial charge in [0.05, 0.1) is 18.0 Å². The van der Waals surface area contributed by atoms with E-state index >= 15 is 0 Å². The summed E-state index contributed by atoms with van der Waals surface area (Å²) in [6.45, 7) is 1.45. The fourth-order valence-corrected chi connectivity index (χ4v) is 3.46. The molecule has 5 nitrogen and oxygen atoms in total. The van der Waals surface area contributed by atoms with Crippen molar-refractivity contribution < 1.29 is 14.7 Å². The van der Waals surface area contributed by atoms with Crippen LogP contribution in [0, 0.1) is 5.92 Å². The monoisotopic (exact) mass is 338 g/mol. The second-order valence-electron chi connectivity index (χ2n) is 6.41. The molecule has 0 aromatic heterocycles. The van der Waals surface area contributed by atoms with Crippen molar-refractivity contribution >= 4 is 24.3 Å². The first-order chi connectivity index (χ1) is 10.6. The summed E-state index contributed by atoms with van der Waals surface area (Å²) in [5.74, 6) is -1.10. The topological polar surface area (TPSA) is 69.6 Å². The molecule has 2 aliphatic rings. The number of amides is 1. The molecule has 3 rings (SSSR count). The Hall–Kier alpha value is -1.59. The van der Waals surface area contributed by atoms with Crippen LogP contribution in [0.1, 0.15) is 31.2 Å². The van der Waals surface area contributed by atoms with E-state index in [1.165, 1.54) is 5.56 Å². The van der Waals surface area contributed by atoms with E-state index in [1.54, 1.807) is 0 Å². The van der Waals surface area contributed by atoms with Gasteiger partial charge in [-0.15, -0.1) is 12.4 Å². The van der Waals surface area contributed by atoms with Crippen LogP contribution in [0.25, 0.3) is 0 Å². The maximum Gasteiger partial charge on any atom is 0.307 e. The third-order valence-corrected chi connectivity index (χ3v) is 4.90. The van der Waals surface area contributed by atoms with Crippen LogP contribution in [0.3, 0.4) is 0 Å². The summed E-state index contributed by atoms with van der Waals surface area (Å²) >= 11 is 0. The number of hydrogen-bond acceptors (Lipinski definition) is 3. The lowest BCUT2D eigenvalue weighted by atomic mass is 9.72. The van der Waals surface area contributed by atoms with Crippen molar-refractivity contribution in [3.8, 4) is 0 Å². The molecule has 1 aromatic carbocycles. The van der Waals surface area contributed by atoms with Crippen molar-refractivity contribution in [3.63, 3.8) is 0 Å². The fourth-order valence-electron chi connectivity index (χ4n) is 3.46. The first-order valence-corrected chi connectivity index (χ1v) is 7.91. The van der Waals surface area contributed by atoms with E-state index in [0.717, 1.165) is 19.3 Å². The number of rotatable bonds is 5. The van der Waals surface area contributed by atoms with Crippen molar-refractivity contribution in [2.45, 2.75) is 31.2 Å². The third-order valence-electron chi connectivity index (χ3n) is 4.90. The number of carboxylic acids is 1. The quantitative estimate of drug-likeness (QED) is 0.861. The average molecular weight is 339 g/mol. The molecule has 126 valence electrons. The lowest BCUT2D eigenvalue weighted by molar-refractivity contribution is -0.141. The largest absolute Gasteiger partial charge is 0.481 e. The Bertz CT molecular complexity index is 560. The maximum absolute atomic E-state index is 12.4. The Labute approximate surface area is 142 Å². The van der Waals surface area contributed by atoms with Gasteiger partial charge in [-0.3, -0.25) is 14.5 Å². The highest BCUT2D eigenvalue weighted by Crippen LogP contribution is 2.41. The predicted molar refractivity (Wildman–Crippen MR) is 89.5 cm³/mol. The van der Waals surface area contributed by atoms with Gasteiger partial charge in [-0.25, -0.2) is 0 Å². The predicted octanol–water partition coefficient (Wildman–Crippen LogP) is 2.01. The van der Waals surface area contributed by atoms with Crippen LogP contribution in [-0.2, 0) is 15.1 Å². The van der Waals surface area contributed by atoms with Gasteiger partial charge in [-0.2, -0.15) is 0 Å². The molecule has 23 heavy (non-hydrogen) atoms. The maximum atomic E-state index is 12.4. The van der Waals surface area contributed by atoms with Gasteiger partial charge in [0.2, 0.25) is 5.91 Å². The smallest absolute Gasteiger partial charge is 0.307 e. The normalized spacial score (nSPS) is 22.7. The lowest BCUT2D eigenvalue weighted by Crippen LogP contribution is -2.53. The van der Waals surface area contributed by atoms with E-state index in [9.17, 15) is 9.59 Å². The molecule has 1 aromatic rings. The fraction of sp³-hybridized carbons (Fsp3) is 0.529. The Morgan fingerprint density at radius 1 is 1.26 bits per heavy atom. The van der Waals surface area contributed by atoms with Crippen LogP contribution in [0.5, 0.6) is 0 Å². The van der Waals surface area contributed by atoms with Crippen LogP contribution in [0.2, 0.25) is 0 Å². The number of carbonyl (C=O) groups is 2. The summed E-state index contributed by atoms with van der Waals surface area (Å²) in [7, 11) is 0. The molecule has 6 heteroatoms. The molecule has 0 spiro atoms. The molecule has 1 aliphatic carbocycles. The Balaban J connectivity index is 0.00000192. The molecule has 2 N–H and O–H groups in total. The van der Waals surface area contributed by atoms with E-state index in [-0.39, 0.29) is 29.8 Å². The number of nitrogens with zero attached hydrogens (tertiary/aromatic N) is 1. The molecule has 1 saturated heterocycles. The minimum absolute atomic E-state index is 0. The van der Waals surface area contributed by atoms with E-state index in [0.29, 0.717) is 26.1 Å². The minimum Gasteiger partial charge on any atom is -0.481 e. The summed E-state index contributed by atoms with van der Waals surface area (Å²) in [5.41, 5.74) is 0.948. The number of carbonyl (C=O) groups excluding carboxylic acids is 1. The number of benzene rings is 1. The van der Waals surface area contributed by atoms with Gasteiger partial charge in [-0.05, 0) is 37.8 Å². The molecule has 0 radical (unpaired) electrons. The van der Waals surface area contributed by atoms with Crippen LogP contribution in [0.4, 0.5) is 0 Å². The lowest BCUT2D eigenvalue weighted by Gasteiger charge is -2.43. The van der Waals surface area contributed by atoms with Gasteiger partial charge in [0.1, 0.15) is 0 Å². The number of nitrogens with one attached hydrogen (secondary N) is 1. The SMILES string of the molecule is Cl.O=C(CN1CCC(C(=O)O)C1)NC1(c2ccccc2)CCC1. The number of hydrogen-bond donors (Lipinski definition) is 2. The highest BCUT2D eigenvalue weighted by Gasteiger charge is 2.40. The molecular weight excluding hydrogens is 316 g/mol. The van der Waals surface area contributed by atoms with Gasteiger partial charge in [0.15, 0.2) is 0 Å². The zero-order valence-electron chi connectivity index (χ0n) is 13.0. The van der Waals surface area contributed by atoms with Crippen molar-refractivity contribution in [2.24, 2.45) is 5.92 Å². The van der Waals surface area contributed by atoms with Gasteiger partial charge in [0.25, 0.3) is 0 Å². The van der Waals surface area contributed by atoms with Crippen LogP contribution in [-0.4, -0.2) is 41.5 Å². The summed E-state index contributed by atoms with van der Waals surface area (Å²) in [6.07, 6.45) is 3.70. The highest BCUT2D eigenvalue weighted by atomic mass is 35.5. The van der Waals surface area contributed by atoms with Crippen molar-refractivity contribution in [1.82, 2.24) is 10.2 Å². The van der Waals surface area contributed by atoms with Crippen molar-refractivity contribution in [3.05, 3.63) is 35.9 Å². The summed E-state index contributed by atoms with van der Waals surface area (Å²) in [4.78, 5) is 25.3. The number of likely N-dealkylation sites (tertiary alicyclic amines) is 1. The van der Waals surface area contributed by atoms with Crippen LogP contribution < -0.4 is 5.32 Å². The van der Waals surface area contributed by atoms with Crippen LogP contribution in [0.15, 0.2) is 30.3 Å². The van der Waals surface area contributed by atoms with Crippen LogP contribution >= 0.6 is 12.4 Å². The van der Waals surface area contributed by atoms with E-state index in [4.69, 9.17) is 5.11 Å². The summed E-state index contributed by atoms with van der Waals surface area (Å²) < 4.78 is 0. The third kappa shape index (κ3) is 3.85. The molecule has 1 amide bonds. The average Bonchev–Trinajstić information content (AvgIpc) is 2.92. The standard InChI is InChI=1S/C17H22N2O3.ClH/c20-15(12-19-10-7-13(11-19)16(21)22)18-17(8-4-9-17)14-5-2-1-3-6-14;/h1-3,5-6,13H,4,7-12H2,(H,18,20)(H,21,22);1H. The van der Waals surface area contributed by atoms with E-state index in [2.05, 4.69) is 17.4 Å². The minimum atomic E-state index is -0.761. The van der Waals surface area contributed by atoms with E-state index in [1.807, 2.05) is 23.1 Å². The second-order valence-corrected chi connectivity index (χ2v) is 6.41. The zero-order valence-corrected chi connectivity index (χ0v) is 13.8. The molecule has 1 heterocycles. The number of carboxylic acid groups (broad SMARTS) is 1. The first-order valence-electron chi connectivity index (χ1n) is 7.91. The Morgan fingerprint density at radius 3 is 2.48 bits per heavy atom. The first kappa shape index (κ1) is 17.8. The van der Waals surface area contributed by atoms with Gasteiger partial charge >= 0.3 is 5.97 Å². The van der Waals surface area contributed by atoms with Gasteiger partial charge < -0.3 is 10.4 Å². The molecule has 1 saturated carbocycles. The van der Waals surface area contributed by atoms with Crippen molar-refractivity contribution in [1.29, 1.82) is 0 Å².